The van der Waals surface area contributed by atoms with Crippen molar-refractivity contribution < 1.29 is 9.53 Å². The molecule has 1 aliphatic rings. The monoisotopic (exact) mass is 283 g/mol. The van der Waals surface area contributed by atoms with E-state index in [1.807, 2.05) is 6.92 Å². The van der Waals surface area contributed by atoms with Crippen LogP contribution in [-0.4, -0.2) is 36.7 Å². The minimum Gasteiger partial charge on any atom is -0.381 e. The Morgan fingerprint density at radius 1 is 1.53 bits per heavy atom. The Kier molecular flexibility index (Phi) is 4.99. The van der Waals surface area contributed by atoms with Crippen LogP contribution in [0.5, 0.6) is 0 Å². The van der Waals surface area contributed by atoms with E-state index in [0.29, 0.717) is 29.6 Å². The van der Waals surface area contributed by atoms with Gasteiger partial charge in [-0.2, -0.15) is 0 Å². The summed E-state index contributed by atoms with van der Waals surface area (Å²) < 4.78 is 5.26. The lowest BCUT2D eigenvalue weighted by atomic mass is 10.1. The number of amides is 1. The molecule has 19 heavy (non-hydrogen) atoms. The number of carbonyl (C=O) groups is 1. The van der Waals surface area contributed by atoms with E-state index < -0.39 is 0 Å². The van der Waals surface area contributed by atoms with Crippen molar-refractivity contribution in [3.05, 3.63) is 22.8 Å². The average molecular weight is 284 g/mol. The van der Waals surface area contributed by atoms with E-state index in [1.165, 1.54) is 0 Å². The Bertz CT molecular complexity index is 448. The van der Waals surface area contributed by atoms with Crippen molar-refractivity contribution in [2.24, 2.45) is 0 Å². The van der Waals surface area contributed by atoms with Crippen molar-refractivity contribution in [1.82, 2.24) is 10.3 Å². The highest BCUT2D eigenvalue weighted by atomic mass is 35.5. The van der Waals surface area contributed by atoms with Gasteiger partial charge in [-0.3, -0.25) is 4.79 Å². The number of nitrogens with zero attached hydrogens (tertiary/aromatic N) is 1. The molecular weight excluding hydrogens is 266 g/mol. The highest BCUT2D eigenvalue weighted by Gasteiger charge is 2.17. The summed E-state index contributed by atoms with van der Waals surface area (Å²) in [5.74, 6) is 0.469. The van der Waals surface area contributed by atoms with E-state index in [4.69, 9.17) is 16.3 Å². The number of anilines is 1. The zero-order chi connectivity index (χ0) is 13.7. The smallest absolute Gasteiger partial charge is 0.253 e. The molecule has 0 atom stereocenters. The molecule has 2 heterocycles. The number of hydrogen-bond donors (Lipinski definition) is 2. The molecule has 0 bridgehead atoms. The van der Waals surface area contributed by atoms with E-state index in [1.54, 1.807) is 12.3 Å². The van der Waals surface area contributed by atoms with E-state index >= 15 is 0 Å². The first-order valence-electron chi connectivity index (χ1n) is 6.48. The predicted octanol–water partition coefficient (Wildman–Crippen LogP) is 2.08. The average Bonchev–Trinajstić information content (AvgIpc) is 2.42. The maximum atomic E-state index is 12.1. The zero-order valence-corrected chi connectivity index (χ0v) is 11.7. The number of halogens is 1. The van der Waals surface area contributed by atoms with Crippen molar-refractivity contribution in [3.63, 3.8) is 0 Å². The summed E-state index contributed by atoms with van der Waals surface area (Å²) in [6, 6.07) is 1.81. The third kappa shape index (κ3) is 3.81. The van der Waals surface area contributed by atoms with Crippen LogP contribution in [0.2, 0.25) is 5.02 Å². The molecule has 0 unspecified atom stereocenters. The normalized spacial score (nSPS) is 16.1. The van der Waals surface area contributed by atoms with E-state index in [2.05, 4.69) is 15.6 Å². The quantitative estimate of drug-likeness (QED) is 0.888. The standard InChI is InChI=1S/C13H18ClN3O2/c1-2-15-12-11(14)7-9(8-16-12)13(18)17-10-3-5-19-6-4-10/h7-8,10H,2-6H2,1H3,(H,15,16)(H,17,18). The molecule has 5 nitrogen and oxygen atoms in total. The Morgan fingerprint density at radius 3 is 2.89 bits per heavy atom. The molecule has 104 valence electrons. The van der Waals surface area contributed by atoms with Gasteiger partial charge in [-0.25, -0.2) is 4.98 Å². The van der Waals surface area contributed by atoms with Crippen molar-refractivity contribution in [3.8, 4) is 0 Å². The fourth-order valence-electron chi connectivity index (χ4n) is 1.97. The Balaban J connectivity index is 2.00. The molecule has 2 N–H and O–H groups in total. The zero-order valence-electron chi connectivity index (χ0n) is 10.9. The van der Waals surface area contributed by atoms with Gasteiger partial charge in [0.25, 0.3) is 5.91 Å². The van der Waals surface area contributed by atoms with Gasteiger partial charge in [0.2, 0.25) is 0 Å². The van der Waals surface area contributed by atoms with Crippen LogP contribution in [0.1, 0.15) is 30.1 Å². The number of aromatic nitrogens is 1. The lowest BCUT2D eigenvalue weighted by molar-refractivity contribution is 0.0696. The molecule has 1 aromatic rings. The van der Waals surface area contributed by atoms with Crippen molar-refractivity contribution in [2.75, 3.05) is 25.1 Å². The Labute approximate surface area is 117 Å². The summed E-state index contributed by atoms with van der Waals surface area (Å²) in [7, 11) is 0. The number of nitrogens with one attached hydrogen (secondary N) is 2. The van der Waals surface area contributed by atoms with Gasteiger partial charge in [-0.05, 0) is 25.8 Å². The molecule has 1 aliphatic heterocycles. The molecule has 0 aromatic carbocycles. The lowest BCUT2D eigenvalue weighted by Crippen LogP contribution is -2.38. The van der Waals surface area contributed by atoms with Crippen molar-refractivity contribution in [2.45, 2.75) is 25.8 Å². The second kappa shape index (κ2) is 6.73. The van der Waals surface area contributed by atoms with E-state index in [-0.39, 0.29) is 11.9 Å². The van der Waals surface area contributed by atoms with Crippen molar-refractivity contribution >= 4 is 23.3 Å². The third-order valence-corrected chi connectivity index (χ3v) is 3.29. The first kappa shape index (κ1) is 14.1. The SMILES string of the molecule is CCNc1ncc(C(=O)NC2CCOCC2)cc1Cl. The number of carbonyl (C=O) groups excluding carboxylic acids is 1. The molecular formula is C13H18ClN3O2. The number of pyridine rings is 1. The molecule has 2 rings (SSSR count). The van der Waals surface area contributed by atoms with Gasteiger partial charge in [-0.1, -0.05) is 11.6 Å². The summed E-state index contributed by atoms with van der Waals surface area (Å²) in [6.07, 6.45) is 3.24. The second-order valence-electron chi connectivity index (χ2n) is 4.44. The van der Waals surface area contributed by atoms with Crippen LogP contribution >= 0.6 is 11.6 Å². The summed E-state index contributed by atoms with van der Waals surface area (Å²) in [4.78, 5) is 16.2. The lowest BCUT2D eigenvalue weighted by Gasteiger charge is -2.23. The largest absolute Gasteiger partial charge is 0.381 e. The fraction of sp³-hybridized carbons (Fsp3) is 0.538. The molecule has 0 aliphatic carbocycles. The molecule has 1 fully saturated rings. The number of ether oxygens (including phenoxy) is 1. The maximum absolute atomic E-state index is 12.1. The molecule has 0 saturated carbocycles. The van der Waals surface area contributed by atoms with Gasteiger partial charge in [0.1, 0.15) is 5.82 Å². The fourth-order valence-corrected chi connectivity index (χ4v) is 2.20. The second-order valence-corrected chi connectivity index (χ2v) is 4.85. The van der Waals surface area contributed by atoms with Crippen molar-refractivity contribution in [1.29, 1.82) is 0 Å². The molecule has 1 aromatic heterocycles. The summed E-state index contributed by atoms with van der Waals surface area (Å²) >= 11 is 6.07. The molecule has 6 heteroatoms. The molecule has 0 radical (unpaired) electrons. The van der Waals surface area contributed by atoms with Gasteiger partial charge in [0.05, 0.1) is 10.6 Å². The van der Waals surface area contributed by atoms with Crippen LogP contribution in [0.15, 0.2) is 12.3 Å². The predicted molar refractivity (Wildman–Crippen MR) is 74.7 cm³/mol. The first-order valence-corrected chi connectivity index (χ1v) is 6.86. The van der Waals surface area contributed by atoms with Crippen LogP contribution in [0.3, 0.4) is 0 Å². The van der Waals surface area contributed by atoms with Gasteiger partial charge in [0, 0.05) is 32.0 Å². The van der Waals surface area contributed by atoms with Gasteiger partial charge < -0.3 is 15.4 Å². The van der Waals surface area contributed by atoms with Crippen LogP contribution in [-0.2, 0) is 4.74 Å². The number of hydrogen-bond acceptors (Lipinski definition) is 4. The Morgan fingerprint density at radius 2 is 2.26 bits per heavy atom. The van der Waals surface area contributed by atoms with Gasteiger partial charge in [0.15, 0.2) is 0 Å². The van der Waals surface area contributed by atoms with Gasteiger partial charge >= 0.3 is 0 Å². The van der Waals surface area contributed by atoms with Crippen LogP contribution in [0.25, 0.3) is 0 Å². The highest BCUT2D eigenvalue weighted by molar-refractivity contribution is 6.33. The third-order valence-electron chi connectivity index (χ3n) is 3.00. The maximum Gasteiger partial charge on any atom is 0.253 e. The molecule has 1 saturated heterocycles. The minimum absolute atomic E-state index is 0.135. The summed E-state index contributed by atoms with van der Waals surface area (Å²) in [6.45, 7) is 4.09. The number of rotatable bonds is 4. The van der Waals surface area contributed by atoms with E-state index in [0.717, 1.165) is 19.4 Å². The summed E-state index contributed by atoms with van der Waals surface area (Å²) in [5.41, 5.74) is 0.484. The highest BCUT2D eigenvalue weighted by Crippen LogP contribution is 2.20. The van der Waals surface area contributed by atoms with Gasteiger partial charge in [-0.15, -0.1) is 0 Å². The molecule has 0 spiro atoms. The summed E-state index contributed by atoms with van der Waals surface area (Å²) in [5, 5.41) is 6.47. The molecule has 1 amide bonds. The topological polar surface area (TPSA) is 63.2 Å². The van der Waals surface area contributed by atoms with Crippen LogP contribution < -0.4 is 10.6 Å². The van der Waals surface area contributed by atoms with E-state index in [9.17, 15) is 4.79 Å². The Hall–Kier alpha value is -1.33. The minimum atomic E-state index is -0.135. The first-order chi connectivity index (χ1) is 9.20. The van der Waals surface area contributed by atoms with Crippen LogP contribution in [0.4, 0.5) is 5.82 Å². The van der Waals surface area contributed by atoms with Crippen LogP contribution in [0, 0.1) is 0 Å².